The molecule has 0 unspecified atom stereocenters. The largest absolute Gasteiger partial charge is 0.508 e. The van der Waals surface area contributed by atoms with E-state index in [2.05, 4.69) is 5.32 Å². The standard InChI is InChI=1S/C15H17NO4/c1-2-19-15(18)13(16-14-4-3-9-20-14)10-11-5-7-12(17)8-6-11/h3-9,13,16-17H,2,10H2,1H3/t13-/m0/s1. The van der Waals surface area contributed by atoms with Gasteiger partial charge in [-0.25, -0.2) is 4.79 Å². The van der Waals surface area contributed by atoms with E-state index in [9.17, 15) is 9.90 Å². The van der Waals surface area contributed by atoms with Crippen molar-refractivity contribution in [3.05, 3.63) is 48.2 Å². The Labute approximate surface area is 117 Å². The van der Waals surface area contributed by atoms with Crippen LogP contribution >= 0.6 is 0 Å². The van der Waals surface area contributed by atoms with Crippen molar-refractivity contribution in [1.82, 2.24) is 0 Å². The number of hydrogen-bond donors (Lipinski definition) is 2. The van der Waals surface area contributed by atoms with Crippen LogP contribution in [0.25, 0.3) is 0 Å². The summed E-state index contributed by atoms with van der Waals surface area (Å²) in [6.45, 7) is 2.09. The Balaban J connectivity index is 2.09. The van der Waals surface area contributed by atoms with Gasteiger partial charge >= 0.3 is 5.97 Å². The van der Waals surface area contributed by atoms with Crippen molar-refractivity contribution in [2.75, 3.05) is 11.9 Å². The second-order valence-corrected chi connectivity index (χ2v) is 4.30. The van der Waals surface area contributed by atoms with E-state index in [-0.39, 0.29) is 11.7 Å². The molecule has 2 aromatic rings. The van der Waals surface area contributed by atoms with Crippen LogP contribution in [0.3, 0.4) is 0 Å². The SMILES string of the molecule is CCOC(=O)[C@H](Cc1ccc(O)cc1)Nc1ccco1. The van der Waals surface area contributed by atoms with Crippen molar-refractivity contribution in [1.29, 1.82) is 0 Å². The first kappa shape index (κ1) is 14.0. The predicted molar refractivity (Wildman–Crippen MR) is 74.6 cm³/mol. The highest BCUT2D eigenvalue weighted by Crippen LogP contribution is 2.15. The highest BCUT2D eigenvalue weighted by atomic mass is 16.5. The Kier molecular flexibility index (Phi) is 4.65. The van der Waals surface area contributed by atoms with Gasteiger partial charge in [-0.3, -0.25) is 0 Å². The van der Waals surface area contributed by atoms with Crippen LogP contribution in [0.4, 0.5) is 5.88 Å². The maximum absolute atomic E-state index is 12.0. The first-order valence-corrected chi connectivity index (χ1v) is 6.43. The number of carbonyl (C=O) groups excluding carboxylic acids is 1. The Hall–Kier alpha value is -2.43. The fraction of sp³-hybridized carbons (Fsp3) is 0.267. The maximum Gasteiger partial charge on any atom is 0.328 e. The van der Waals surface area contributed by atoms with Gasteiger partial charge in [0.15, 0.2) is 5.88 Å². The zero-order valence-corrected chi connectivity index (χ0v) is 11.2. The molecular formula is C15H17NO4. The molecule has 2 rings (SSSR count). The summed E-state index contributed by atoms with van der Waals surface area (Å²) in [6.07, 6.45) is 1.98. The molecule has 0 saturated carbocycles. The van der Waals surface area contributed by atoms with Crippen molar-refractivity contribution >= 4 is 11.9 Å². The van der Waals surface area contributed by atoms with Crippen LogP contribution in [-0.2, 0) is 16.0 Å². The number of rotatable bonds is 6. The maximum atomic E-state index is 12.0. The topological polar surface area (TPSA) is 71.7 Å². The lowest BCUT2D eigenvalue weighted by Gasteiger charge is -2.16. The summed E-state index contributed by atoms with van der Waals surface area (Å²) in [5.41, 5.74) is 0.917. The van der Waals surface area contributed by atoms with Gasteiger partial charge in [-0.05, 0) is 30.7 Å². The highest BCUT2D eigenvalue weighted by Gasteiger charge is 2.21. The van der Waals surface area contributed by atoms with Crippen molar-refractivity contribution in [2.45, 2.75) is 19.4 Å². The van der Waals surface area contributed by atoms with Gasteiger partial charge in [0, 0.05) is 12.5 Å². The number of benzene rings is 1. The highest BCUT2D eigenvalue weighted by molar-refractivity contribution is 5.79. The quantitative estimate of drug-likeness (QED) is 0.793. The Bertz CT molecular complexity index is 534. The minimum Gasteiger partial charge on any atom is -0.508 e. The molecule has 0 aliphatic carbocycles. The molecule has 0 amide bonds. The molecule has 2 N–H and O–H groups in total. The monoisotopic (exact) mass is 275 g/mol. The summed E-state index contributed by atoms with van der Waals surface area (Å²) >= 11 is 0. The van der Waals surface area contributed by atoms with Crippen molar-refractivity contribution in [3.8, 4) is 5.75 Å². The molecule has 0 aliphatic heterocycles. The minimum absolute atomic E-state index is 0.195. The fourth-order valence-corrected chi connectivity index (χ4v) is 1.84. The first-order chi connectivity index (χ1) is 9.69. The van der Waals surface area contributed by atoms with Crippen molar-refractivity contribution in [3.63, 3.8) is 0 Å². The molecule has 1 heterocycles. The number of anilines is 1. The lowest BCUT2D eigenvalue weighted by atomic mass is 10.1. The first-order valence-electron chi connectivity index (χ1n) is 6.43. The molecule has 1 aromatic carbocycles. The van der Waals surface area contributed by atoms with E-state index in [0.717, 1.165) is 5.56 Å². The summed E-state index contributed by atoms with van der Waals surface area (Å²) in [5, 5.41) is 12.3. The van der Waals surface area contributed by atoms with Crippen LogP contribution in [0.15, 0.2) is 47.1 Å². The molecule has 0 radical (unpaired) electrons. The summed E-state index contributed by atoms with van der Waals surface area (Å²) in [4.78, 5) is 12.0. The van der Waals surface area contributed by atoms with Crippen LogP contribution in [0.2, 0.25) is 0 Å². The fourth-order valence-electron chi connectivity index (χ4n) is 1.84. The van der Waals surface area contributed by atoms with Crippen LogP contribution in [-0.4, -0.2) is 23.7 Å². The van der Waals surface area contributed by atoms with Crippen LogP contribution < -0.4 is 5.32 Å². The zero-order chi connectivity index (χ0) is 14.4. The smallest absolute Gasteiger partial charge is 0.328 e. The van der Waals surface area contributed by atoms with E-state index in [1.807, 2.05) is 0 Å². The van der Waals surface area contributed by atoms with Crippen LogP contribution in [0.5, 0.6) is 5.75 Å². The molecule has 0 bridgehead atoms. The van der Waals surface area contributed by atoms with Crippen molar-refractivity contribution in [2.24, 2.45) is 0 Å². The van der Waals surface area contributed by atoms with E-state index in [4.69, 9.17) is 9.15 Å². The molecule has 20 heavy (non-hydrogen) atoms. The van der Waals surface area contributed by atoms with E-state index < -0.39 is 6.04 Å². The van der Waals surface area contributed by atoms with E-state index in [1.165, 1.54) is 6.26 Å². The van der Waals surface area contributed by atoms with Crippen molar-refractivity contribution < 1.29 is 19.1 Å². The number of carbonyl (C=O) groups is 1. The third-order valence-corrected chi connectivity index (χ3v) is 2.78. The number of furan rings is 1. The number of phenols is 1. The number of nitrogens with one attached hydrogen (secondary N) is 1. The third kappa shape index (κ3) is 3.78. The average Bonchev–Trinajstić information content (AvgIpc) is 2.94. The zero-order valence-electron chi connectivity index (χ0n) is 11.2. The molecule has 5 heteroatoms. The molecule has 0 saturated heterocycles. The van der Waals surface area contributed by atoms with Gasteiger partial charge in [-0.1, -0.05) is 12.1 Å². The van der Waals surface area contributed by atoms with Gasteiger partial charge < -0.3 is 19.6 Å². The number of esters is 1. The third-order valence-electron chi connectivity index (χ3n) is 2.78. The Morgan fingerprint density at radius 1 is 1.35 bits per heavy atom. The van der Waals surface area contributed by atoms with E-state index in [1.54, 1.807) is 43.3 Å². The van der Waals surface area contributed by atoms with E-state index in [0.29, 0.717) is 18.9 Å². The number of hydrogen-bond acceptors (Lipinski definition) is 5. The molecular weight excluding hydrogens is 258 g/mol. The molecule has 1 aromatic heterocycles. The van der Waals surface area contributed by atoms with Gasteiger partial charge in [-0.15, -0.1) is 0 Å². The van der Waals surface area contributed by atoms with Gasteiger partial charge in [0.2, 0.25) is 0 Å². The number of ether oxygens (including phenoxy) is 1. The van der Waals surface area contributed by atoms with Gasteiger partial charge in [0.25, 0.3) is 0 Å². The summed E-state index contributed by atoms with van der Waals surface area (Å²) < 4.78 is 10.2. The Morgan fingerprint density at radius 2 is 2.10 bits per heavy atom. The van der Waals surface area contributed by atoms with E-state index >= 15 is 0 Å². The van der Waals surface area contributed by atoms with Gasteiger partial charge in [-0.2, -0.15) is 0 Å². The number of aromatic hydroxyl groups is 1. The van der Waals surface area contributed by atoms with Crippen LogP contribution in [0.1, 0.15) is 12.5 Å². The summed E-state index contributed by atoms with van der Waals surface area (Å²) in [7, 11) is 0. The summed E-state index contributed by atoms with van der Waals surface area (Å²) in [6, 6.07) is 9.66. The molecule has 0 aliphatic rings. The predicted octanol–water partition coefficient (Wildman–Crippen LogP) is 2.57. The molecule has 5 nitrogen and oxygen atoms in total. The second-order valence-electron chi connectivity index (χ2n) is 4.30. The lowest BCUT2D eigenvalue weighted by Crippen LogP contribution is -2.33. The van der Waals surface area contributed by atoms with Crippen LogP contribution in [0, 0.1) is 0 Å². The number of phenolic OH excluding ortho intramolecular Hbond substituents is 1. The second kappa shape index (κ2) is 6.65. The molecule has 106 valence electrons. The lowest BCUT2D eigenvalue weighted by molar-refractivity contribution is -0.144. The minimum atomic E-state index is -0.536. The normalized spacial score (nSPS) is 11.8. The average molecular weight is 275 g/mol. The van der Waals surface area contributed by atoms with Gasteiger partial charge in [0.05, 0.1) is 12.9 Å². The molecule has 1 atom stereocenters. The summed E-state index contributed by atoms with van der Waals surface area (Å²) in [5.74, 6) is 0.374. The Morgan fingerprint density at radius 3 is 2.70 bits per heavy atom. The molecule has 0 fully saturated rings. The molecule has 0 spiro atoms. The van der Waals surface area contributed by atoms with Gasteiger partial charge in [0.1, 0.15) is 11.8 Å².